The predicted molar refractivity (Wildman–Crippen MR) is 63.4 cm³/mol. The molecular weight excluding hydrogens is 202 g/mol. The van der Waals surface area contributed by atoms with Crippen molar-refractivity contribution in [3.05, 3.63) is 18.0 Å². The highest BCUT2D eigenvalue weighted by Crippen LogP contribution is 2.23. The second-order valence-corrected chi connectivity index (χ2v) is 4.85. The Bertz CT molecular complexity index is 329. The van der Waals surface area contributed by atoms with E-state index < -0.39 is 0 Å². The molecule has 1 fully saturated rings. The molecule has 1 saturated heterocycles. The predicted octanol–water partition coefficient (Wildman–Crippen LogP) is 1.12. The zero-order valence-electron chi connectivity index (χ0n) is 10.2. The van der Waals surface area contributed by atoms with Gasteiger partial charge >= 0.3 is 0 Å². The van der Waals surface area contributed by atoms with Crippen LogP contribution in [0.2, 0.25) is 0 Å². The number of nitrogens with one attached hydrogen (secondary N) is 1. The van der Waals surface area contributed by atoms with Gasteiger partial charge in [-0.15, -0.1) is 0 Å². The van der Waals surface area contributed by atoms with E-state index in [2.05, 4.69) is 23.5 Å². The molecule has 2 heterocycles. The lowest BCUT2D eigenvalue weighted by Gasteiger charge is -2.23. The third-order valence-corrected chi connectivity index (χ3v) is 3.15. The molecule has 1 atom stereocenters. The fraction of sp³-hybridized carbons (Fsp3) is 0.750. The summed E-state index contributed by atoms with van der Waals surface area (Å²) in [6.45, 7) is 5.05. The van der Waals surface area contributed by atoms with Crippen molar-refractivity contribution >= 4 is 0 Å². The van der Waals surface area contributed by atoms with Crippen LogP contribution in [-0.4, -0.2) is 35.1 Å². The van der Waals surface area contributed by atoms with Gasteiger partial charge in [0, 0.05) is 26.4 Å². The van der Waals surface area contributed by atoms with E-state index in [0.717, 1.165) is 26.1 Å². The fourth-order valence-electron chi connectivity index (χ4n) is 2.16. The normalized spacial score (nSPS) is 25.1. The van der Waals surface area contributed by atoms with Crippen LogP contribution in [0, 0.1) is 0 Å². The maximum atomic E-state index is 5.72. The SMILES string of the molecule is Cn1cc(CCNCC2(C)CCCO2)cn1. The molecule has 0 radical (unpaired) electrons. The van der Waals surface area contributed by atoms with E-state index in [0.29, 0.717) is 0 Å². The van der Waals surface area contributed by atoms with Crippen molar-refractivity contribution in [2.24, 2.45) is 7.05 Å². The van der Waals surface area contributed by atoms with E-state index in [-0.39, 0.29) is 5.60 Å². The molecule has 0 aliphatic carbocycles. The Labute approximate surface area is 97.0 Å². The Kier molecular flexibility index (Phi) is 3.61. The molecule has 0 bridgehead atoms. The average molecular weight is 223 g/mol. The van der Waals surface area contributed by atoms with Gasteiger partial charge in [-0.05, 0) is 38.3 Å². The van der Waals surface area contributed by atoms with Crippen LogP contribution in [-0.2, 0) is 18.2 Å². The molecule has 90 valence electrons. The molecule has 4 heteroatoms. The molecule has 4 nitrogen and oxygen atoms in total. The van der Waals surface area contributed by atoms with Crippen molar-refractivity contribution < 1.29 is 4.74 Å². The number of aromatic nitrogens is 2. The van der Waals surface area contributed by atoms with E-state index in [1.807, 2.05) is 17.9 Å². The van der Waals surface area contributed by atoms with Gasteiger partial charge in [-0.1, -0.05) is 0 Å². The highest BCUT2D eigenvalue weighted by atomic mass is 16.5. The first-order valence-corrected chi connectivity index (χ1v) is 6.00. The first kappa shape index (κ1) is 11.6. The van der Waals surface area contributed by atoms with Gasteiger partial charge in [-0.3, -0.25) is 4.68 Å². The zero-order chi connectivity index (χ0) is 11.4. The Morgan fingerprint density at radius 1 is 1.62 bits per heavy atom. The third kappa shape index (κ3) is 3.06. The lowest BCUT2D eigenvalue weighted by Crippen LogP contribution is -2.37. The van der Waals surface area contributed by atoms with Gasteiger partial charge in [0.2, 0.25) is 0 Å². The van der Waals surface area contributed by atoms with Crippen molar-refractivity contribution in [3.8, 4) is 0 Å². The lowest BCUT2D eigenvalue weighted by molar-refractivity contribution is 0.0211. The molecule has 1 aromatic heterocycles. The van der Waals surface area contributed by atoms with Crippen molar-refractivity contribution in [3.63, 3.8) is 0 Å². The summed E-state index contributed by atoms with van der Waals surface area (Å²) in [5, 5.41) is 7.61. The van der Waals surface area contributed by atoms with Crippen LogP contribution in [0.1, 0.15) is 25.3 Å². The minimum absolute atomic E-state index is 0.0644. The quantitative estimate of drug-likeness (QED) is 0.760. The second-order valence-electron chi connectivity index (χ2n) is 4.85. The van der Waals surface area contributed by atoms with Crippen molar-refractivity contribution in [1.82, 2.24) is 15.1 Å². The monoisotopic (exact) mass is 223 g/mol. The third-order valence-electron chi connectivity index (χ3n) is 3.15. The summed E-state index contributed by atoms with van der Waals surface area (Å²) in [5.74, 6) is 0. The van der Waals surface area contributed by atoms with Crippen LogP contribution in [0.3, 0.4) is 0 Å². The highest BCUT2D eigenvalue weighted by Gasteiger charge is 2.28. The minimum atomic E-state index is 0.0644. The minimum Gasteiger partial charge on any atom is -0.374 e. The summed E-state index contributed by atoms with van der Waals surface area (Å²) in [5.41, 5.74) is 1.35. The molecule has 0 spiro atoms. The summed E-state index contributed by atoms with van der Waals surface area (Å²) < 4.78 is 7.56. The Morgan fingerprint density at radius 3 is 3.12 bits per heavy atom. The van der Waals surface area contributed by atoms with Crippen LogP contribution in [0.5, 0.6) is 0 Å². The van der Waals surface area contributed by atoms with Gasteiger partial charge in [0.25, 0.3) is 0 Å². The van der Waals surface area contributed by atoms with Crippen LogP contribution < -0.4 is 5.32 Å². The molecule has 2 rings (SSSR count). The van der Waals surface area contributed by atoms with Crippen LogP contribution in [0.4, 0.5) is 0 Å². The smallest absolute Gasteiger partial charge is 0.0779 e. The summed E-state index contributed by atoms with van der Waals surface area (Å²) in [4.78, 5) is 0. The molecule has 0 saturated carbocycles. The average Bonchev–Trinajstić information content (AvgIpc) is 2.84. The molecule has 1 aromatic rings. The van der Waals surface area contributed by atoms with Crippen LogP contribution in [0.25, 0.3) is 0 Å². The van der Waals surface area contributed by atoms with Gasteiger partial charge in [-0.2, -0.15) is 5.10 Å². The van der Waals surface area contributed by atoms with Crippen LogP contribution in [0.15, 0.2) is 12.4 Å². The molecular formula is C12H21N3O. The maximum absolute atomic E-state index is 5.72. The van der Waals surface area contributed by atoms with Gasteiger partial charge in [0.1, 0.15) is 0 Å². The molecule has 1 N–H and O–H groups in total. The van der Waals surface area contributed by atoms with Gasteiger partial charge in [0.15, 0.2) is 0 Å². The number of rotatable bonds is 5. The molecule has 0 amide bonds. The Hall–Kier alpha value is -0.870. The number of ether oxygens (including phenoxy) is 1. The molecule has 1 unspecified atom stereocenters. The van der Waals surface area contributed by atoms with E-state index in [4.69, 9.17) is 4.74 Å². The fourth-order valence-corrected chi connectivity index (χ4v) is 2.16. The Balaban J connectivity index is 1.65. The Morgan fingerprint density at radius 2 is 2.50 bits per heavy atom. The summed E-state index contributed by atoms with van der Waals surface area (Å²) in [6.07, 6.45) is 7.39. The summed E-state index contributed by atoms with van der Waals surface area (Å²) in [6, 6.07) is 0. The summed E-state index contributed by atoms with van der Waals surface area (Å²) >= 11 is 0. The largest absolute Gasteiger partial charge is 0.374 e. The molecule has 16 heavy (non-hydrogen) atoms. The van der Waals surface area contributed by atoms with E-state index >= 15 is 0 Å². The van der Waals surface area contributed by atoms with E-state index in [9.17, 15) is 0 Å². The molecule has 1 aliphatic heterocycles. The highest BCUT2D eigenvalue weighted by molar-refractivity contribution is 5.03. The van der Waals surface area contributed by atoms with E-state index in [1.165, 1.54) is 18.4 Å². The number of hydrogen-bond donors (Lipinski definition) is 1. The van der Waals surface area contributed by atoms with Gasteiger partial charge in [0.05, 0.1) is 11.8 Å². The number of nitrogens with zero attached hydrogens (tertiary/aromatic N) is 2. The molecule has 0 aromatic carbocycles. The van der Waals surface area contributed by atoms with Crippen molar-refractivity contribution in [1.29, 1.82) is 0 Å². The first-order valence-electron chi connectivity index (χ1n) is 6.00. The lowest BCUT2D eigenvalue weighted by atomic mass is 10.0. The van der Waals surface area contributed by atoms with Crippen molar-refractivity contribution in [2.45, 2.75) is 31.8 Å². The first-order chi connectivity index (χ1) is 7.68. The topological polar surface area (TPSA) is 39.1 Å². The number of aryl methyl sites for hydroxylation is 1. The number of hydrogen-bond acceptors (Lipinski definition) is 3. The zero-order valence-corrected chi connectivity index (χ0v) is 10.2. The van der Waals surface area contributed by atoms with E-state index in [1.54, 1.807) is 0 Å². The standard InChI is InChI=1S/C12H21N3O/c1-12(5-3-7-16-12)10-13-6-4-11-8-14-15(2)9-11/h8-9,13H,3-7,10H2,1-2H3. The van der Waals surface area contributed by atoms with Crippen LogP contribution >= 0.6 is 0 Å². The maximum Gasteiger partial charge on any atom is 0.0779 e. The van der Waals surface area contributed by atoms with Gasteiger partial charge in [-0.25, -0.2) is 0 Å². The van der Waals surface area contributed by atoms with Crippen molar-refractivity contribution in [2.75, 3.05) is 19.7 Å². The summed E-state index contributed by atoms with van der Waals surface area (Å²) in [7, 11) is 1.95. The van der Waals surface area contributed by atoms with Gasteiger partial charge < -0.3 is 10.1 Å². The second kappa shape index (κ2) is 4.97. The molecule has 1 aliphatic rings.